The number of likely N-dealkylation sites (tertiary alicyclic amines) is 1. The molecule has 1 saturated carbocycles. The molecule has 0 N–H and O–H groups in total. The van der Waals surface area contributed by atoms with Gasteiger partial charge in [-0.1, -0.05) is 32.0 Å². The van der Waals surface area contributed by atoms with Crippen molar-refractivity contribution in [1.82, 2.24) is 19.9 Å². The van der Waals surface area contributed by atoms with Crippen molar-refractivity contribution in [3.63, 3.8) is 0 Å². The second-order valence-corrected chi connectivity index (χ2v) is 10.2. The van der Waals surface area contributed by atoms with Crippen LogP contribution in [0.5, 0.6) is 5.88 Å². The van der Waals surface area contributed by atoms with Crippen LogP contribution >= 0.6 is 0 Å². The van der Waals surface area contributed by atoms with E-state index in [4.69, 9.17) is 4.74 Å². The van der Waals surface area contributed by atoms with E-state index in [1.54, 1.807) is 24.5 Å². The maximum atomic E-state index is 14.2. The Morgan fingerprint density at radius 2 is 1.81 bits per heavy atom. The Balaban J connectivity index is 1.46. The van der Waals surface area contributed by atoms with Crippen molar-refractivity contribution in [2.75, 3.05) is 0 Å². The summed E-state index contributed by atoms with van der Waals surface area (Å²) >= 11 is 0. The van der Waals surface area contributed by atoms with Crippen LogP contribution in [-0.4, -0.2) is 43.9 Å². The molecule has 2 bridgehead atoms. The van der Waals surface area contributed by atoms with Crippen LogP contribution in [0.3, 0.4) is 0 Å². The summed E-state index contributed by atoms with van der Waals surface area (Å²) in [5.41, 5.74) is 0.374. The standard InChI is InChI=1S/C28H29F3N4O2/c1-17(2)14-22-18-8-10-24(37-25-11-9-19(16-34-25)28(29,30)31)23(15-18)35(22)27(36)21-7-4-3-6-20(21)26-32-12-5-13-33-26/h3-7,9,11-13,16-18,22-24H,8,10,14-15H2,1-2H3. The molecule has 37 heavy (non-hydrogen) atoms. The van der Waals surface area contributed by atoms with Crippen LogP contribution in [0.4, 0.5) is 13.2 Å². The molecule has 5 rings (SSSR count). The number of nitrogens with zero attached hydrogens (tertiary/aromatic N) is 4. The lowest BCUT2D eigenvalue weighted by Crippen LogP contribution is -2.48. The SMILES string of the molecule is CC(C)CC1C2CCC(Oc3ccc(C(F)(F)F)cn3)C(C2)N1C(=O)c1ccccc1-c1ncccn1. The molecule has 3 heterocycles. The second kappa shape index (κ2) is 10.1. The number of amides is 1. The van der Waals surface area contributed by atoms with Gasteiger partial charge in [-0.15, -0.1) is 0 Å². The fraction of sp³-hybridized carbons (Fsp3) is 0.429. The lowest BCUT2D eigenvalue weighted by molar-refractivity contribution is -0.137. The first-order chi connectivity index (χ1) is 17.7. The van der Waals surface area contributed by atoms with Crippen LogP contribution in [-0.2, 0) is 6.18 Å². The number of aromatic nitrogens is 3. The number of hydrogen-bond donors (Lipinski definition) is 0. The Kier molecular flexibility index (Phi) is 6.88. The highest BCUT2D eigenvalue weighted by atomic mass is 19.4. The van der Waals surface area contributed by atoms with Crippen molar-refractivity contribution in [3.05, 3.63) is 72.2 Å². The number of ether oxygens (including phenoxy) is 1. The molecule has 6 nitrogen and oxygen atoms in total. The van der Waals surface area contributed by atoms with Gasteiger partial charge in [0.05, 0.1) is 17.2 Å². The average Bonchev–Trinajstić information content (AvgIpc) is 3.17. The minimum atomic E-state index is -4.46. The fourth-order valence-electron chi connectivity index (χ4n) is 5.71. The summed E-state index contributed by atoms with van der Waals surface area (Å²) in [6.07, 6.45) is 2.51. The van der Waals surface area contributed by atoms with Crippen LogP contribution < -0.4 is 4.74 Å². The van der Waals surface area contributed by atoms with Crippen LogP contribution in [0.25, 0.3) is 11.4 Å². The molecule has 2 fully saturated rings. The van der Waals surface area contributed by atoms with Gasteiger partial charge in [0.25, 0.3) is 5.91 Å². The van der Waals surface area contributed by atoms with Gasteiger partial charge in [-0.2, -0.15) is 13.2 Å². The van der Waals surface area contributed by atoms with E-state index in [9.17, 15) is 18.0 Å². The third kappa shape index (κ3) is 5.17. The van der Waals surface area contributed by atoms with E-state index in [-0.39, 0.29) is 30.0 Å². The van der Waals surface area contributed by atoms with Gasteiger partial charge in [-0.05, 0) is 55.7 Å². The molecule has 9 heteroatoms. The fourth-order valence-corrected chi connectivity index (χ4v) is 5.71. The van der Waals surface area contributed by atoms with Crippen molar-refractivity contribution in [1.29, 1.82) is 0 Å². The number of carbonyl (C=O) groups excluding carboxylic acids is 1. The van der Waals surface area contributed by atoms with Crippen LogP contribution in [0, 0.1) is 11.8 Å². The van der Waals surface area contributed by atoms with Crippen molar-refractivity contribution in [3.8, 4) is 17.3 Å². The van der Waals surface area contributed by atoms with E-state index in [0.717, 1.165) is 31.5 Å². The third-order valence-corrected chi connectivity index (χ3v) is 7.30. The largest absolute Gasteiger partial charge is 0.472 e. The molecule has 0 radical (unpaired) electrons. The first-order valence-electron chi connectivity index (χ1n) is 12.6. The van der Waals surface area contributed by atoms with Crippen LogP contribution in [0.15, 0.2) is 61.1 Å². The number of alkyl halides is 3. The van der Waals surface area contributed by atoms with Crippen molar-refractivity contribution >= 4 is 5.91 Å². The maximum absolute atomic E-state index is 14.2. The summed E-state index contributed by atoms with van der Waals surface area (Å²) in [4.78, 5) is 28.8. The van der Waals surface area contributed by atoms with Gasteiger partial charge in [-0.3, -0.25) is 4.79 Å². The molecule has 1 aromatic carbocycles. The first-order valence-corrected chi connectivity index (χ1v) is 12.6. The molecule has 1 saturated heterocycles. The van der Waals surface area contributed by atoms with Gasteiger partial charge in [0, 0.05) is 36.3 Å². The number of hydrogen-bond acceptors (Lipinski definition) is 5. The van der Waals surface area contributed by atoms with Gasteiger partial charge >= 0.3 is 6.18 Å². The summed E-state index contributed by atoms with van der Waals surface area (Å²) in [5, 5.41) is 0. The molecular weight excluding hydrogens is 481 g/mol. The van der Waals surface area contributed by atoms with Crippen molar-refractivity contribution in [2.45, 2.75) is 63.9 Å². The molecule has 4 unspecified atom stereocenters. The average molecular weight is 511 g/mol. The monoisotopic (exact) mass is 510 g/mol. The molecule has 0 spiro atoms. The molecule has 2 aliphatic rings. The lowest BCUT2D eigenvalue weighted by atomic mass is 9.83. The quantitative estimate of drug-likeness (QED) is 0.404. The summed E-state index contributed by atoms with van der Waals surface area (Å²) in [7, 11) is 0. The minimum Gasteiger partial charge on any atom is -0.472 e. The Labute approximate surface area is 213 Å². The zero-order valence-electron chi connectivity index (χ0n) is 20.7. The number of rotatable bonds is 6. The van der Waals surface area contributed by atoms with Gasteiger partial charge in [0.15, 0.2) is 5.82 Å². The second-order valence-electron chi connectivity index (χ2n) is 10.2. The smallest absolute Gasteiger partial charge is 0.417 e. The molecule has 1 amide bonds. The predicted molar refractivity (Wildman–Crippen MR) is 132 cm³/mol. The van der Waals surface area contributed by atoms with E-state index in [2.05, 4.69) is 28.8 Å². The normalized spacial score (nSPS) is 23.4. The first kappa shape index (κ1) is 25.2. The minimum absolute atomic E-state index is 0.0522. The molecule has 1 aliphatic heterocycles. The Hall–Kier alpha value is -3.49. The third-order valence-electron chi connectivity index (χ3n) is 7.30. The highest BCUT2D eigenvalue weighted by Gasteiger charge is 2.51. The number of halogens is 3. The highest BCUT2D eigenvalue weighted by Crippen LogP contribution is 2.45. The van der Waals surface area contributed by atoms with Gasteiger partial charge in [0.1, 0.15) is 6.10 Å². The van der Waals surface area contributed by atoms with E-state index in [1.807, 2.05) is 23.1 Å². The lowest BCUT2D eigenvalue weighted by Gasteiger charge is -2.35. The van der Waals surface area contributed by atoms with Gasteiger partial charge in [-0.25, -0.2) is 15.0 Å². The van der Waals surface area contributed by atoms with Gasteiger partial charge < -0.3 is 9.64 Å². The summed E-state index contributed by atoms with van der Waals surface area (Å²) < 4.78 is 45.1. The number of fused-ring (bicyclic) bond motifs is 2. The summed E-state index contributed by atoms with van der Waals surface area (Å²) in [5.74, 6) is 1.25. The van der Waals surface area contributed by atoms with Crippen LogP contribution in [0.1, 0.15) is 55.5 Å². The topological polar surface area (TPSA) is 68.2 Å². The van der Waals surface area contributed by atoms with E-state index in [0.29, 0.717) is 35.2 Å². The summed E-state index contributed by atoms with van der Waals surface area (Å²) in [6.45, 7) is 4.30. The van der Waals surface area contributed by atoms with Crippen molar-refractivity contribution < 1.29 is 22.7 Å². The predicted octanol–water partition coefficient (Wildman–Crippen LogP) is 6.04. The Morgan fingerprint density at radius 3 is 2.49 bits per heavy atom. The highest BCUT2D eigenvalue weighted by molar-refractivity contribution is 6.00. The number of benzene rings is 1. The van der Waals surface area contributed by atoms with Crippen molar-refractivity contribution in [2.24, 2.45) is 11.8 Å². The number of pyridine rings is 1. The number of carbonyl (C=O) groups is 1. The van der Waals surface area contributed by atoms with E-state index < -0.39 is 11.7 Å². The van der Waals surface area contributed by atoms with Gasteiger partial charge in [0.2, 0.25) is 5.88 Å². The molecule has 3 aromatic rings. The summed E-state index contributed by atoms with van der Waals surface area (Å²) in [6, 6.07) is 11.1. The molecular formula is C28H29F3N4O2. The zero-order chi connectivity index (χ0) is 26.2. The Morgan fingerprint density at radius 1 is 1.05 bits per heavy atom. The molecule has 1 aliphatic carbocycles. The molecule has 194 valence electrons. The zero-order valence-corrected chi connectivity index (χ0v) is 20.7. The Bertz CT molecular complexity index is 1230. The molecule has 4 atom stereocenters. The maximum Gasteiger partial charge on any atom is 0.417 e. The van der Waals surface area contributed by atoms with Crippen LogP contribution in [0.2, 0.25) is 0 Å². The van der Waals surface area contributed by atoms with E-state index >= 15 is 0 Å². The van der Waals surface area contributed by atoms with E-state index in [1.165, 1.54) is 6.07 Å². The molecule has 2 aromatic heterocycles.